The zero-order chi connectivity index (χ0) is 12.4. The molecule has 2 rings (SSSR count). The molecule has 0 spiro atoms. The van der Waals surface area contributed by atoms with Crippen LogP contribution in [0.15, 0.2) is 18.2 Å². The van der Waals surface area contributed by atoms with Crippen molar-refractivity contribution < 1.29 is 0 Å². The summed E-state index contributed by atoms with van der Waals surface area (Å²) in [5, 5.41) is 7.96. The summed E-state index contributed by atoms with van der Waals surface area (Å²) in [5.74, 6) is 0. The zero-order valence-electron chi connectivity index (χ0n) is 10.8. The highest BCUT2D eigenvalue weighted by Crippen LogP contribution is 2.28. The Morgan fingerprint density at radius 1 is 1.41 bits per heavy atom. The average Bonchev–Trinajstić information content (AvgIpc) is 2.82. The van der Waals surface area contributed by atoms with Gasteiger partial charge in [-0.3, -0.25) is 4.68 Å². The minimum atomic E-state index is 0.255. The van der Waals surface area contributed by atoms with Crippen molar-refractivity contribution in [1.82, 2.24) is 15.1 Å². The van der Waals surface area contributed by atoms with Crippen LogP contribution >= 0.6 is 11.3 Å². The highest BCUT2D eigenvalue weighted by molar-refractivity contribution is 7.12. The summed E-state index contributed by atoms with van der Waals surface area (Å²) in [6.07, 6.45) is 0. The van der Waals surface area contributed by atoms with Crippen LogP contribution in [0.3, 0.4) is 0 Å². The van der Waals surface area contributed by atoms with Crippen molar-refractivity contribution in [1.29, 1.82) is 0 Å². The van der Waals surface area contributed by atoms with Crippen molar-refractivity contribution in [3.05, 3.63) is 39.3 Å². The molecule has 0 radical (unpaired) electrons. The van der Waals surface area contributed by atoms with Crippen LogP contribution in [0.5, 0.6) is 0 Å². The molecule has 0 aromatic carbocycles. The highest BCUT2D eigenvalue weighted by Gasteiger charge is 2.18. The largest absolute Gasteiger partial charge is 0.305 e. The van der Waals surface area contributed by atoms with Gasteiger partial charge in [0.05, 0.1) is 17.4 Å². The first kappa shape index (κ1) is 12.3. The number of hydrogen-bond acceptors (Lipinski definition) is 3. The van der Waals surface area contributed by atoms with Crippen LogP contribution in [0.25, 0.3) is 0 Å². The predicted octanol–water partition coefficient (Wildman–Crippen LogP) is 2.80. The van der Waals surface area contributed by atoms with E-state index in [-0.39, 0.29) is 6.04 Å². The van der Waals surface area contributed by atoms with Crippen LogP contribution in [-0.4, -0.2) is 16.3 Å². The minimum absolute atomic E-state index is 0.255. The molecule has 2 aromatic rings. The number of thiophene rings is 1. The van der Waals surface area contributed by atoms with E-state index in [9.17, 15) is 0 Å². The monoisotopic (exact) mass is 249 g/mol. The average molecular weight is 249 g/mol. The number of hydrogen-bond donors (Lipinski definition) is 1. The van der Waals surface area contributed by atoms with E-state index in [1.54, 1.807) is 0 Å². The van der Waals surface area contributed by atoms with Gasteiger partial charge in [-0.25, -0.2) is 0 Å². The maximum Gasteiger partial charge on any atom is 0.0841 e. The number of nitrogens with zero attached hydrogens (tertiary/aromatic N) is 2. The summed E-state index contributed by atoms with van der Waals surface area (Å²) in [5.41, 5.74) is 2.30. The fraction of sp³-hybridized carbons (Fsp3) is 0.462. The Morgan fingerprint density at radius 3 is 2.65 bits per heavy atom. The Bertz CT molecular complexity index is 498. The van der Waals surface area contributed by atoms with Gasteiger partial charge in [-0.05, 0) is 38.6 Å². The van der Waals surface area contributed by atoms with Crippen LogP contribution in [0.1, 0.15) is 34.1 Å². The first-order chi connectivity index (χ1) is 8.11. The normalized spacial score (nSPS) is 12.9. The van der Waals surface area contributed by atoms with Crippen molar-refractivity contribution in [2.75, 3.05) is 6.54 Å². The molecule has 1 N–H and O–H groups in total. The Kier molecular flexibility index (Phi) is 3.64. The topological polar surface area (TPSA) is 29.9 Å². The fourth-order valence-corrected chi connectivity index (χ4v) is 3.03. The van der Waals surface area contributed by atoms with E-state index < -0.39 is 0 Å². The van der Waals surface area contributed by atoms with Crippen molar-refractivity contribution in [2.45, 2.75) is 26.8 Å². The molecule has 2 heterocycles. The molecule has 0 saturated carbocycles. The predicted molar refractivity (Wildman–Crippen MR) is 72.5 cm³/mol. The van der Waals surface area contributed by atoms with E-state index in [1.165, 1.54) is 15.4 Å². The maximum atomic E-state index is 4.43. The van der Waals surface area contributed by atoms with Gasteiger partial charge >= 0.3 is 0 Å². The van der Waals surface area contributed by atoms with Crippen molar-refractivity contribution in [2.24, 2.45) is 7.05 Å². The summed E-state index contributed by atoms with van der Waals surface area (Å²) in [6, 6.07) is 6.79. The number of rotatable bonds is 4. The van der Waals surface area contributed by atoms with Crippen molar-refractivity contribution in [3.63, 3.8) is 0 Å². The van der Waals surface area contributed by atoms with Crippen LogP contribution in [0.4, 0.5) is 0 Å². The molecule has 1 unspecified atom stereocenters. The third kappa shape index (κ3) is 2.58. The van der Waals surface area contributed by atoms with Crippen molar-refractivity contribution in [3.8, 4) is 0 Å². The van der Waals surface area contributed by atoms with E-state index in [4.69, 9.17) is 0 Å². The Hall–Kier alpha value is -1.13. The van der Waals surface area contributed by atoms with Gasteiger partial charge in [-0.2, -0.15) is 5.10 Å². The highest BCUT2D eigenvalue weighted by atomic mass is 32.1. The molecule has 0 bridgehead atoms. The second-order valence-corrected chi connectivity index (χ2v) is 5.59. The molecule has 17 heavy (non-hydrogen) atoms. The molecule has 1 atom stereocenters. The van der Waals surface area contributed by atoms with Crippen LogP contribution in [0.2, 0.25) is 0 Å². The minimum Gasteiger partial charge on any atom is -0.305 e. The molecule has 0 aliphatic rings. The quantitative estimate of drug-likeness (QED) is 0.903. The van der Waals surface area contributed by atoms with Gasteiger partial charge in [0.25, 0.3) is 0 Å². The van der Waals surface area contributed by atoms with E-state index in [0.717, 1.165) is 12.2 Å². The molecule has 0 amide bonds. The molecule has 0 fully saturated rings. The van der Waals surface area contributed by atoms with Gasteiger partial charge in [0, 0.05) is 16.8 Å². The zero-order valence-corrected chi connectivity index (χ0v) is 11.6. The van der Waals surface area contributed by atoms with Gasteiger partial charge < -0.3 is 5.32 Å². The van der Waals surface area contributed by atoms with Gasteiger partial charge in [0.15, 0.2) is 0 Å². The second kappa shape index (κ2) is 5.02. The third-order valence-corrected chi connectivity index (χ3v) is 3.85. The molecule has 0 saturated heterocycles. The lowest BCUT2D eigenvalue weighted by atomic mass is 10.1. The van der Waals surface area contributed by atoms with Gasteiger partial charge in [0.2, 0.25) is 0 Å². The van der Waals surface area contributed by atoms with Crippen LogP contribution in [-0.2, 0) is 7.05 Å². The number of nitrogens with one attached hydrogen (secondary N) is 1. The summed E-state index contributed by atoms with van der Waals surface area (Å²) in [6.45, 7) is 7.26. The number of aromatic nitrogens is 2. The molecule has 2 aromatic heterocycles. The molecule has 3 nitrogen and oxygen atoms in total. The molecule has 92 valence electrons. The molecule has 0 aliphatic heterocycles. The van der Waals surface area contributed by atoms with Gasteiger partial charge in [0.1, 0.15) is 0 Å². The molecule has 0 aliphatic carbocycles. The lowest BCUT2D eigenvalue weighted by Crippen LogP contribution is -2.23. The maximum absolute atomic E-state index is 4.43. The Morgan fingerprint density at radius 2 is 2.18 bits per heavy atom. The Balaban J connectivity index is 2.38. The molecular weight excluding hydrogens is 230 g/mol. The summed E-state index contributed by atoms with van der Waals surface area (Å²) in [7, 11) is 2.01. The van der Waals surface area contributed by atoms with Gasteiger partial charge in [-0.15, -0.1) is 11.3 Å². The van der Waals surface area contributed by atoms with E-state index >= 15 is 0 Å². The van der Waals surface area contributed by atoms with E-state index in [1.807, 2.05) is 30.0 Å². The van der Waals surface area contributed by atoms with E-state index in [0.29, 0.717) is 0 Å². The fourth-order valence-electron chi connectivity index (χ4n) is 2.06. The summed E-state index contributed by atoms with van der Waals surface area (Å²) < 4.78 is 1.97. The lowest BCUT2D eigenvalue weighted by Gasteiger charge is -2.16. The number of aryl methyl sites for hydroxylation is 3. The van der Waals surface area contributed by atoms with Gasteiger partial charge in [-0.1, -0.05) is 6.92 Å². The van der Waals surface area contributed by atoms with Crippen molar-refractivity contribution >= 4 is 11.3 Å². The lowest BCUT2D eigenvalue weighted by molar-refractivity contribution is 0.578. The third-order valence-electron chi connectivity index (χ3n) is 2.79. The molecule has 4 heteroatoms. The SMILES string of the molecule is CCNC(c1ccc(C)s1)c1cc(C)nn1C. The first-order valence-electron chi connectivity index (χ1n) is 5.92. The van der Waals surface area contributed by atoms with Crippen LogP contribution in [0, 0.1) is 13.8 Å². The second-order valence-electron chi connectivity index (χ2n) is 4.27. The summed E-state index contributed by atoms with van der Waals surface area (Å²) >= 11 is 1.84. The Labute approximate surface area is 106 Å². The van der Waals surface area contributed by atoms with Crippen LogP contribution < -0.4 is 5.32 Å². The first-order valence-corrected chi connectivity index (χ1v) is 6.73. The smallest absolute Gasteiger partial charge is 0.0841 e. The summed E-state index contributed by atoms with van der Waals surface area (Å²) in [4.78, 5) is 2.70. The standard InChI is InChI=1S/C13H19N3S/c1-5-14-13(12-7-6-10(3)17-12)11-8-9(2)15-16(11)4/h6-8,13-14H,5H2,1-4H3. The molecular formula is C13H19N3S. The van der Waals surface area contributed by atoms with E-state index in [2.05, 4.69) is 42.5 Å².